The van der Waals surface area contributed by atoms with Gasteiger partial charge in [-0.05, 0) is 29.6 Å². The molecule has 1 aliphatic heterocycles. The molecule has 1 N–H and O–H groups in total. The number of nitrogens with zero attached hydrogens (tertiary/aromatic N) is 1. The number of rotatable bonds is 4. The zero-order chi connectivity index (χ0) is 14.7. The Hall–Kier alpha value is -1.43. The van der Waals surface area contributed by atoms with Gasteiger partial charge in [-0.15, -0.1) is 11.3 Å². The highest BCUT2D eigenvalue weighted by Crippen LogP contribution is 2.37. The van der Waals surface area contributed by atoms with Crippen LogP contribution in [0.15, 0.2) is 35.7 Å². The first-order chi connectivity index (χ1) is 10.3. The van der Waals surface area contributed by atoms with Gasteiger partial charge in [-0.25, -0.2) is 4.39 Å². The van der Waals surface area contributed by atoms with Gasteiger partial charge in [-0.1, -0.05) is 6.07 Å². The van der Waals surface area contributed by atoms with E-state index >= 15 is 0 Å². The van der Waals surface area contributed by atoms with Crippen molar-refractivity contribution in [1.82, 2.24) is 10.2 Å². The summed E-state index contributed by atoms with van der Waals surface area (Å²) in [7, 11) is 1.64. The molecule has 0 spiro atoms. The maximum atomic E-state index is 13.8. The Balaban J connectivity index is 2.04. The number of benzene rings is 1. The van der Waals surface area contributed by atoms with Gasteiger partial charge in [0.15, 0.2) is 0 Å². The van der Waals surface area contributed by atoms with Gasteiger partial charge < -0.3 is 10.1 Å². The third kappa shape index (κ3) is 3.10. The molecule has 21 heavy (non-hydrogen) atoms. The van der Waals surface area contributed by atoms with Gasteiger partial charge in [0.1, 0.15) is 11.6 Å². The topological polar surface area (TPSA) is 24.5 Å². The highest BCUT2D eigenvalue weighted by Gasteiger charge is 2.27. The molecule has 2 aromatic rings. The lowest BCUT2D eigenvalue weighted by Gasteiger charge is -2.35. The van der Waals surface area contributed by atoms with Crippen LogP contribution < -0.4 is 10.1 Å². The number of piperazine rings is 1. The molecule has 0 aliphatic carbocycles. The molecule has 1 fully saturated rings. The van der Waals surface area contributed by atoms with Crippen LogP contribution in [0.25, 0.3) is 0 Å². The smallest absolute Gasteiger partial charge is 0.124 e. The van der Waals surface area contributed by atoms with Crippen LogP contribution in [0.2, 0.25) is 0 Å². The fourth-order valence-electron chi connectivity index (χ4n) is 2.84. The Morgan fingerprint density at radius 2 is 2.10 bits per heavy atom. The molecule has 1 aliphatic rings. The Kier molecular flexibility index (Phi) is 4.53. The van der Waals surface area contributed by atoms with E-state index in [1.807, 2.05) is 6.07 Å². The van der Waals surface area contributed by atoms with Gasteiger partial charge in [0.05, 0.1) is 13.2 Å². The summed E-state index contributed by atoms with van der Waals surface area (Å²) in [6.07, 6.45) is 0. The van der Waals surface area contributed by atoms with Gasteiger partial charge in [-0.2, -0.15) is 0 Å². The van der Waals surface area contributed by atoms with E-state index in [0.717, 1.165) is 37.5 Å². The predicted octanol–water partition coefficient (Wildman–Crippen LogP) is 2.89. The number of ether oxygens (including phenoxy) is 1. The molecule has 5 heteroatoms. The van der Waals surface area contributed by atoms with Gasteiger partial charge in [0.2, 0.25) is 0 Å². The molecular formula is C16H19FN2OS. The summed E-state index contributed by atoms with van der Waals surface area (Å²) in [5.74, 6) is 0.524. The van der Waals surface area contributed by atoms with Crippen molar-refractivity contribution in [2.75, 3.05) is 33.3 Å². The number of hydrogen-bond donors (Lipinski definition) is 1. The van der Waals surface area contributed by atoms with Crippen LogP contribution in [0.5, 0.6) is 5.75 Å². The van der Waals surface area contributed by atoms with E-state index in [2.05, 4.69) is 21.7 Å². The summed E-state index contributed by atoms with van der Waals surface area (Å²) in [6, 6.07) is 8.98. The van der Waals surface area contributed by atoms with E-state index in [-0.39, 0.29) is 11.9 Å². The number of halogens is 1. The molecular weight excluding hydrogens is 287 g/mol. The molecule has 0 radical (unpaired) electrons. The van der Waals surface area contributed by atoms with Crippen LogP contribution >= 0.6 is 11.3 Å². The van der Waals surface area contributed by atoms with Gasteiger partial charge >= 0.3 is 0 Å². The lowest BCUT2D eigenvalue weighted by atomic mass is 10.0. The molecule has 0 amide bonds. The van der Waals surface area contributed by atoms with E-state index in [1.54, 1.807) is 30.6 Å². The Morgan fingerprint density at radius 3 is 2.76 bits per heavy atom. The minimum atomic E-state index is -0.220. The van der Waals surface area contributed by atoms with E-state index in [9.17, 15) is 4.39 Å². The first kappa shape index (κ1) is 14.5. The fraction of sp³-hybridized carbons (Fsp3) is 0.375. The molecule has 0 bridgehead atoms. The summed E-state index contributed by atoms with van der Waals surface area (Å²) >= 11 is 1.70. The molecule has 3 rings (SSSR count). The Labute approximate surface area is 128 Å². The molecule has 1 saturated heterocycles. The van der Waals surface area contributed by atoms with Crippen molar-refractivity contribution < 1.29 is 9.13 Å². The van der Waals surface area contributed by atoms with Crippen molar-refractivity contribution in [3.63, 3.8) is 0 Å². The minimum absolute atomic E-state index is 0.0535. The quantitative estimate of drug-likeness (QED) is 0.940. The number of nitrogens with one attached hydrogen (secondary N) is 1. The Bertz CT molecular complexity index is 582. The SMILES string of the molecule is COc1ccc(F)cc1[C@H](c1cccs1)N1CCNCC1. The summed E-state index contributed by atoms with van der Waals surface area (Å²) in [5.41, 5.74) is 0.904. The van der Waals surface area contributed by atoms with E-state index in [0.29, 0.717) is 0 Å². The standard InChI is InChI=1S/C16H19FN2OS/c1-20-14-5-4-12(17)11-13(14)16(15-3-2-10-21-15)19-8-6-18-7-9-19/h2-5,10-11,16,18H,6-9H2,1H3/t16-/m1/s1. The van der Waals surface area contributed by atoms with Crippen LogP contribution in [0, 0.1) is 5.82 Å². The molecule has 112 valence electrons. The average molecular weight is 306 g/mol. The monoisotopic (exact) mass is 306 g/mol. The molecule has 1 aromatic heterocycles. The van der Waals surface area contributed by atoms with Crippen molar-refractivity contribution in [2.24, 2.45) is 0 Å². The maximum Gasteiger partial charge on any atom is 0.124 e. The number of hydrogen-bond acceptors (Lipinski definition) is 4. The summed E-state index contributed by atoms with van der Waals surface area (Å²) in [5, 5.41) is 5.43. The van der Waals surface area contributed by atoms with E-state index in [4.69, 9.17) is 4.74 Å². The normalized spacial score (nSPS) is 17.6. The number of thiophene rings is 1. The second-order valence-electron chi connectivity index (χ2n) is 5.09. The van der Waals surface area contributed by atoms with Crippen LogP contribution in [-0.4, -0.2) is 38.2 Å². The predicted molar refractivity (Wildman–Crippen MR) is 83.6 cm³/mol. The lowest BCUT2D eigenvalue weighted by Crippen LogP contribution is -2.45. The molecule has 3 nitrogen and oxygen atoms in total. The summed E-state index contributed by atoms with van der Waals surface area (Å²) in [6.45, 7) is 3.81. The van der Waals surface area contributed by atoms with Crippen LogP contribution in [-0.2, 0) is 0 Å². The van der Waals surface area contributed by atoms with E-state index < -0.39 is 0 Å². The molecule has 1 aromatic carbocycles. The molecule has 1 atom stereocenters. The first-order valence-corrected chi connectivity index (χ1v) is 7.99. The first-order valence-electron chi connectivity index (χ1n) is 7.11. The molecule has 0 saturated carbocycles. The lowest BCUT2D eigenvalue weighted by molar-refractivity contribution is 0.197. The van der Waals surface area contributed by atoms with Crippen molar-refractivity contribution in [2.45, 2.75) is 6.04 Å². The highest BCUT2D eigenvalue weighted by atomic mass is 32.1. The minimum Gasteiger partial charge on any atom is -0.496 e. The van der Waals surface area contributed by atoms with Crippen LogP contribution in [0.3, 0.4) is 0 Å². The van der Waals surface area contributed by atoms with Crippen molar-refractivity contribution >= 4 is 11.3 Å². The Morgan fingerprint density at radius 1 is 1.29 bits per heavy atom. The zero-order valence-corrected chi connectivity index (χ0v) is 12.8. The second kappa shape index (κ2) is 6.56. The van der Waals surface area contributed by atoms with Crippen molar-refractivity contribution in [3.8, 4) is 5.75 Å². The second-order valence-corrected chi connectivity index (χ2v) is 6.07. The number of methoxy groups -OCH3 is 1. The van der Waals surface area contributed by atoms with Crippen LogP contribution in [0.1, 0.15) is 16.5 Å². The maximum absolute atomic E-state index is 13.8. The third-order valence-electron chi connectivity index (χ3n) is 3.82. The van der Waals surface area contributed by atoms with Crippen LogP contribution in [0.4, 0.5) is 4.39 Å². The molecule has 0 unspecified atom stereocenters. The van der Waals surface area contributed by atoms with Gasteiger partial charge in [0.25, 0.3) is 0 Å². The molecule has 2 heterocycles. The average Bonchev–Trinajstić information content (AvgIpc) is 3.03. The van der Waals surface area contributed by atoms with E-state index in [1.165, 1.54) is 10.9 Å². The van der Waals surface area contributed by atoms with Gasteiger partial charge in [0, 0.05) is 36.6 Å². The van der Waals surface area contributed by atoms with Crippen molar-refractivity contribution in [3.05, 3.63) is 52.0 Å². The fourth-order valence-corrected chi connectivity index (χ4v) is 3.71. The largest absolute Gasteiger partial charge is 0.496 e. The summed E-state index contributed by atoms with van der Waals surface area (Å²) in [4.78, 5) is 3.61. The van der Waals surface area contributed by atoms with Gasteiger partial charge in [-0.3, -0.25) is 4.90 Å². The summed E-state index contributed by atoms with van der Waals surface area (Å²) < 4.78 is 19.2. The zero-order valence-electron chi connectivity index (χ0n) is 12.0. The highest BCUT2D eigenvalue weighted by molar-refractivity contribution is 7.10. The third-order valence-corrected chi connectivity index (χ3v) is 4.74. The van der Waals surface area contributed by atoms with Crippen molar-refractivity contribution in [1.29, 1.82) is 0 Å².